The van der Waals surface area contributed by atoms with E-state index >= 15 is 0 Å². The van der Waals surface area contributed by atoms with E-state index in [1.807, 2.05) is 18.2 Å². The van der Waals surface area contributed by atoms with Crippen molar-refractivity contribution >= 4 is 6.41 Å². The fourth-order valence-electron chi connectivity index (χ4n) is 1.23. The number of allylic oxidation sites excluding steroid dienone is 2. The lowest BCUT2D eigenvalue weighted by atomic mass is 10.0. The van der Waals surface area contributed by atoms with Crippen LogP contribution in [0.4, 0.5) is 0 Å². The first-order valence-electron chi connectivity index (χ1n) is 4.05. The lowest BCUT2D eigenvalue weighted by molar-refractivity contribution is -0.110. The number of rotatable bonds is 4. The summed E-state index contributed by atoms with van der Waals surface area (Å²) in [6.45, 7) is -0.0467. The van der Waals surface area contributed by atoms with Crippen molar-refractivity contribution in [2.24, 2.45) is 0 Å². The third-order valence-electron chi connectivity index (χ3n) is 1.88. The summed E-state index contributed by atoms with van der Waals surface area (Å²) < 4.78 is 0. The SMILES string of the molecule is O=CN[C@H](CO)C1=CCCC=C1. The molecule has 1 aliphatic rings. The predicted molar refractivity (Wildman–Crippen MR) is 46.5 cm³/mol. The van der Waals surface area contributed by atoms with Crippen LogP contribution in [-0.2, 0) is 4.79 Å². The second-order valence-corrected chi connectivity index (χ2v) is 2.70. The smallest absolute Gasteiger partial charge is 0.207 e. The minimum atomic E-state index is -0.237. The van der Waals surface area contributed by atoms with Crippen molar-refractivity contribution in [2.75, 3.05) is 6.61 Å². The normalized spacial score (nSPS) is 18.2. The van der Waals surface area contributed by atoms with Crippen molar-refractivity contribution in [1.82, 2.24) is 5.32 Å². The Hall–Kier alpha value is -1.09. The van der Waals surface area contributed by atoms with Gasteiger partial charge in [-0.2, -0.15) is 0 Å². The van der Waals surface area contributed by atoms with Crippen molar-refractivity contribution in [3.63, 3.8) is 0 Å². The highest BCUT2D eigenvalue weighted by molar-refractivity contribution is 5.49. The Morgan fingerprint density at radius 2 is 2.50 bits per heavy atom. The van der Waals surface area contributed by atoms with Crippen LogP contribution < -0.4 is 5.32 Å². The Balaban J connectivity index is 2.57. The zero-order chi connectivity index (χ0) is 8.81. The summed E-state index contributed by atoms with van der Waals surface area (Å²) in [5, 5.41) is 11.5. The highest BCUT2D eigenvalue weighted by atomic mass is 16.3. The maximum atomic E-state index is 10.1. The molecule has 0 unspecified atom stereocenters. The molecule has 1 aliphatic carbocycles. The monoisotopic (exact) mass is 167 g/mol. The van der Waals surface area contributed by atoms with Gasteiger partial charge in [0.1, 0.15) is 0 Å². The molecule has 0 saturated carbocycles. The number of hydrogen-bond acceptors (Lipinski definition) is 2. The molecule has 0 spiro atoms. The first kappa shape index (κ1) is 9.00. The Labute approximate surface area is 71.8 Å². The number of aliphatic hydroxyl groups is 1. The van der Waals surface area contributed by atoms with E-state index in [1.165, 1.54) is 0 Å². The van der Waals surface area contributed by atoms with E-state index in [0.717, 1.165) is 18.4 Å². The van der Waals surface area contributed by atoms with Crippen LogP contribution in [-0.4, -0.2) is 24.2 Å². The van der Waals surface area contributed by atoms with Crippen molar-refractivity contribution in [3.8, 4) is 0 Å². The number of carbonyl (C=O) groups is 1. The van der Waals surface area contributed by atoms with Gasteiger partial charge in [-0.25, -0.2) is 0 Å². The van der Waals surface area contributed by atoms with Crippen molar-refractivity contribution in [3.05, 3.63) is 23.8 Å². The summed E-state index contributed by atoms with van der Waals surface area (Å²) in [4.78, 5) is 10.1. The van der Waals surface area contributed by atoms with Crippen molar-refractivity contribution in [1.29, 1.82) is 0 Å². The maximum Gasteiger partial charge on any atom is 0.207 e. The highest BCUT2D eigenvalue weighted by Gasteiger charge is 2.10. The summed E-state index contributed by atoms with van der Waals surface area (Å²) in [5.41, 5.74) is 0.996. The van der Waals surface area contributed by atoms with E-state index in [2.05, 4.69) is 5.32 Å². The van der Waals surface area contributed by atoms with Gasteiger partial charge in [-0.1, -0.05) is 18.2 Å². The first-order chi connectivity index (χ1) is 5.88. The topological polar surface area (TPSA) is 49.3 Å². The summed E-state index contributed by atoms with van der Waals surface area (Å²) in [6, 6.07) is -0.237. The van der Waals surface area contributed by atoms with Gasteiger partial charge in [0.05, 0.1) is 12.6 Å². The molecule has 3 heteroatoms. The molecule has 0 saturated heterocycles. The Bertz CT molecular complexity index is 209. The van der Waals surface area contributed by atoms with Crippen molar-refractivity contribution in [2.45, 2.75) is 18.9 Å². The number of amides is 1. The molecule has 0 radical (unpaired) electrons. The average Bonchev–Trinajstić information content (AvgIpc) is 2.15. The quantitative estimate of drug-likeness (QED) is 0.594. The fourth-order valence-corrected chi connectivity index (χ4v) is 1.23. The largest absolute Gasteiger partial charge is 0.394 e. The van der Waals surface area contributed by atoms with E-state index in [-0.39, 0.29) is 12.6 Å². The highest BCUT2D eigenvalue weighted by Crippen LogP contribution is 2.12. The number of nitrogens with one attached hydrogen (secondary N) is 1. The molecule has 0 aromatic rings. The Morgan fingerprint density at radius 3 is 3.00 bits per heavy atom. The zero-order valence-corrected chi connectivity index (χ0v) is 6.86. The van der Waals surface area contributed by atoms with E-state index < -0.39 is 0 Å². The predicted octanol–water partition coefficient (Wildman–Crippen LogP) is 0.370. The number of carbonyl (C=O) groups excluding carboxylic acids is 1. The van der Waals surface area contributed by atoms with E-state index in [0.29, 0.717) is 6.41 Å². The number of aliphatic hydroxyl groups excluding tert-OH is 1. The van der Waals surface area contributed by atoms with Gasteiger partial charge >= 0.3 is 0 Å². The third-order valence-corrected chi connectivity index (χ3v) is 1.88. The molecule has 1 atom stereocenters. The Morgan fingerprint density at radius 1 is 1.67 bits per heavy atom. The van der Waals surface area contributed by atoms with Crippen LogP contribution >= 0.6 is 0 Å². The molecule has 0 fully saturated rings. The summed E-state index contributed by atoms with van der Waals surface area (Å²) in [6.07, 6.45) is 8.68. The molecule has 1 rings (SSSR count). The van der Waals surface area contributed by atoms with Gasteiger partial charge in [-0.3, -0.25) is 4.79 Å². The molecule has 2 N–H and O–H groups in total. The minimum Gasteiger partial charge on any atom is -0.394 e. The molecule has 12 heavy (non-hydrogen) atoms. The lowest BCUT2D eigenvalue weighted by Crippen LogP contribution is -2.32. The molecule has 1 amide bonds. The second-order valence-electron chi connectivity index (χ2n) is 2.70. The lowest BCUT2D eigenvalue weighted by Gasteiger charge is -2.16. The molecule has 0 aromatic carbocycles. The second kappa shape index (κ2) is 4.72. The molecule has 0 bridgehead atoms. The molecule has 0 aliphatic heterocycles. The van der Waals surface area contributed by atoms with E-state index in [9.17, 15) is 4.79 Å². The van der Waals surface area contributed by atoms with Gasteiger partial charge in [0.15, 0.2) is 0 Å². The Kier molecular flexibility index (Phi) is 3.54. The summed E-state index contributed by atoms with van der Waals surface area (Å²) in [5.74, 6) is 0. The molecule has 66 valence electrons. The van der Waals surface area contributed by atoms with E-state index in [4.69, 9.17) is 5.11 Å². The molecule has 0 aromatic heterocycles. The van der Waals surface area contributed by atoms with Gasteiger partial charge in [-0.15, -0.1) is 0 Å². The van der Waals surface area contributed by atoms with Gasteiger partial charge in [0.2, 0.25) is 6.41 Å². The van der Waals surface area contributed by atoms with E-state index in [1.54, 1.807) is 0 Å². The third kappa shape index (κ3) is 2.20. The van der Waals surface area contributed by atoms with Gasteiger partial charge in [0, 0.05) is 0 Å². The average molecular weight is 167 g/mol. The maximum absolute atomic E-state index is 10.1. The molecular weight excluding hydrogens is 154 g/mol. The minimum absolute atomic E-state index is 0.0467. The fraction of sp³-hybridized carbons (Fsp3) is 0.444. The standard InChI is InChI=1S/C9H13NO2/c11-6-9(10-7-12)8-4-2-1-3-5-8/h2,4-5,7,9,11H,1,3,6H2,(H,10,12)/t9-/m1/s1. The van der Waals surface area contributed by atoms with Gasteiger partial charge < -0.3 is 10.4 Å². The van der Waals surface area contributed by atoms with Crippen LogP contribution in [0.25, 0.3) is 0 Å². The van der Waals surface area contributed by atoms with Crippen LogP contribution in [0, 0.1) is 0 Å². The van der Waals surface area contributed by atoms with Crippen LogP contribution in [0.2, 0.25) is 0 Å². The van der Waals surface area contributed by atoms with Gasteiger partial charge in [-0.05, 0) is 18.4 Å². The molecular formula is C9H13NO2. The van der Waals surface area contributed by atoms with Crippen LogP contribution in [0.5, 0.6) is 0 Å². The van der Waals surface area contributed by atoms with Crippen LogP contribution in [0.15, 0.2) is 23.8 Å². The zero-order valence-electron chi connectivity index (χ0n) is 6.86. The van der Waals surface area contributed by atoms with Crippen LogP contribution in [0.3, 0.4) is 0 Å². The first-order valence-corrected chi connectivity index (χ1v) is 4.05. The summed E-state index contributed by atoms with van der Waals surface area (Å²) in [7, 11) is 0. The molecule has 3 nitrogen and oxygen atoms in total. The van der Waals surface area contributed by atoms with Crippen LogP contribution in [0.1, 0.15) is 12.8 Å². The van der Waals surface area contributed by atoms with Gasteiger partial charge in [0.25, 0.3) is 0 Å². The summed E-state index contributed by atoms with van der Waals surface area (Å²) >= 11 is 0. The molecule has 0 heterocycles. The van der Waals surface area contributed by atoms with Crippen molar-refractivity contribution < 1.29 is 9.90 Å². The number of hydrogen-bond donors (Lipinski definition) is 2.